The molecular formula is C25H31FN2O3S. The van der Waals surface area contributed by atoms with Crippen LogP contribution in [0.1, 0.15) is 36.8 Å². The van der Waals surface area contributed by atoms with Crippen LogP contribution in [0.3, 0.4) is 0 Å². The van der Waals surface area contributed by atoms with Crippen molar-refractivity contribution in [2.45, 2.75) is 37.9 Å². The first-order chi connectivity index (χ1) is 15.4. The van der Waals surface area contributed by atoms with Crippen molar-refractivity contribution >= 4 is 15.9 Å². The second kappa shape index (κ2) is 10.1. The van der Waals surface area contributed by atoms with E-state index < -0.39 is 10.0 Å². The van der Waals surface area contributed by atoms with Crippen LogP contribution in [0.2, 0.25) is 0 Å². The first kappa shape index (κ1) is 22.9. The summed E-state index contributed by atoms with van der Waals surface area (Å²) in [6, 6.07) is 16.0. The van der Waals surface area contributed by atoms with Crippen LogP contribution >= 0.6 is 0 Å². The maximum absolute atomic E-state index is 13.4. The minimum Gasteiger partial charge on any atom is -0.342 e. The first-order valence-corrected chi connectivity index (χ1v) is 13.1. The minimum absolute atomic E-state index is 0.00524. The Balaban J connectivity index is 1.24. The number of benzene rings is 2. The van der Waals surface area contributed by atoms with Crippen molar-refractivity contribution in [3.05, 3.63) is 71.5 Å². The largest absolute Gasteiger partial charge is 0.342 e. The third-order valence-electron chi connectivity index (χ3n) is 6.73. The Morgan fingerprint density at radius 2 is 1.53 bits per heavy atom. The summed E-state index contributed by atoms with van der Waals surface area (Å²) in [5.41, 5.74) is 1.80. The van der Waals surface area contributed by atoms with Crippen LogP contribution in [-0.2, 0) is 27.0 Å². The van der Waals surface area contributed by atoms with Gasteiger partial charge in [-0.25, -0.2) is 17.1 Å². The highest BCUT2D eigenvalue weighted by atomic mass is 32.2. The highest BCUT2D eigenvalue weighted by molar-refractivity contribution is 7.88. The molecule has 0 aromatic heterocycles. The van der Waals surface area contributed by atoms with Gasteiger partial charge in [0.05, 0.1) is 5.75 Å². The number of carbonyl (C=O) groups excluding carboxylic acids is 1. The SMILES string of the molecule is O=C(C1CCN(S(=O)(=O)Cc2ccccc2)CC1)N1CCC(Cc2cccc(F)c2)CC1. The second-order valence-electron chi connectivity index (χ2n) is 9.02. The number of amides is 1. The number of hydrogen-bond acceptors (Lipinski definition) is 3. The second-order valence-corrected chi connectivity index (χ2v) is 11.0. The zero-order valence-corrected chi connectivity index (χ0v) is 19.1. The molecule has 0 atom stereocenters. The monoisotopic (exact) mass is 458 g/mol. The first-order valence-electron chi connectivity index (χ1n) is 11.5. The summed E-state index contributed by atoms with van der Waals surface area (Å²) in [5.74, 6) is 0.330. The maximum atomic E-state index is 13.4. The third kappa shape index (κ3) is 5.75. The summed E-state index contributed by atoms with van der Waals surface area (Å²) in [7, 11) is -3.37. The Labute approximate surface area is 190 Å². The normalized spacial score (nSPS) is 19.2. The molecule has 2 saturated heterocycles. The average Bonchev–Trinajstić information content (AvgIpc) is 2.80. The molecule has 2 heterocycles. The number of piperidine rings is 2. The molecule has 0 saturated carbocycles. The molecule has 0 spiro atoms. The lowest BCUT2D eigenvalue weighted by Crippen LogP contribution is -2.46. The lowest BCUT2D eigenvalue weighted by molar-refractivity contribution is -0.138. The van der Waals surface area contributed by atoms with Gasteiger partial charge in [0.1, 0.15) is 5.82 Å². The van der Waals surface area contributed by atoms with Crippen molar-refractivity contribution in [3.63, 3.8) is 0 Å². The minimum atomic E-state index is -3.37. The fourth-order valence-electron chi connectivity index (χ4n) is 4.87. The summed E-state index contributed by atoms with van der Waals surface area (Å²) in [6.45, 7) is 2.26. The van der Waals surface area contributed by atoms with Crippen molar-refractivity contribution in [2.24, 2.45) is 11.8 Å². The number of halogens is 1. The van der Waals surface area contributed by atoms with Crippen LogP contribution in [0.5, 0.6) is 0 Å². The van der Waals surface area contributed by atoms with E-state index in [9.17, 15) is 17.6 Å². The molecule has 0 radical (unpaired) electrons. The molecule has 0 N–H and O–H groups in total. The van der Waals surface area contributed by atoms with Crippen LogP contribution in [0, 0.1) is 17.7 Å². The van der Waals surface area contributed by atoms with E-state index in [0.717, 1.165) is 43.5 Å². The Bertz CT molecular complexity index is 1010. The van der Waals surface area contributed by atoms with E-state index in [1.807, 2.05) is 41.3 Å². The number of rotatable bonds is 6. The van der Waals surface area contributed by atoms with Gasteiger partial charge >= 0.3 is 0 Å². The molecule has 2 fully saturated rings. The molecule has 2 aliphatic rings. The average molecular weight is 459 g/mol. The fraction of sp³-hybridized carbons (Fsp3) is 0.480. The van der Waals surface area contributed by atoms with E-state index >= 15 is 0 Å². The quantitative estimate of drug-likeness (QED) is 0.661. The molecule has 2 aliphatic heterocycles. The van der Waals surface area contributed by atoms with Crippen molar-refractivity contribution in [3.8, 4) is 0 Å². The molecule has 2 aromatic rings. The number of likely N-dealkylation sites (tertiary alicyclic amines) is 1. The van der Waals surface area contributed by atoms with Crippen LogP contribution in [0.4, 0.5) is 4.39 Å². The van der Waals surface area contributed by atoms with Gasteiger partial charge in [0, 0.05) is 32.1 Å². The summed E-state index contributed by atoms with van der Waals surface area (Å²) in [6.07, 6.45) is 3.85. The van der Waals surface area contributed by atoms with Gasteiger partial charge < -0.3 is 4.90 Å². The van der Waals surface area contributed by atoms with Gasteiger partial charge in [-0.15, -0.1) is 0 Å². The zero-order chi connectivity index (χ0) is 22.6. The molecule has 32 heavy (non-hydrogen) atoms. The Morgan fingerprint density at radius 1 is 0.875 bits per heavy atom. The molecule has 5 nitrogen and oxygen atoms in total. The van der Waals surface area contributed by atoms with Gasteiger partial charge in [-0.3, -0.25) is 4.79 Å². The Morgan fingerprint density at radius 3 is 2.19 bits per heavy atom. The highest BCUT2D eigenvalue weighted by Crippen LogP contribution is 2.27. The maximum Gasteiger partial charge on any atom is 0.225 e. The van der Waals surface area contributed by atoms with Gasteiger partial charge in [0.15, 0.2) is 0 Å². The molecule has 7 heteroatoms. The summed E-state index contributed by atoms with van der Waals surface area (Å²) in [4.78, 5) is 15.0. The molecular weight excluding hydrogens is 427 g/mol. The predicted molar refractivity (Wildman–Crippen MR) is 123 cm³/mol. The summed E-state index contributed by atoms with van der Waals surface area (Å²) >= 11 is 0. The number of nitrogens with zero attached hydrogens (tertiary/aromatic N) is 2. The van der Waals surface area contributed by atoms with E-state index in [1.165, 1.54) is 10.4 Å². The fourth-order valence-corrected chi connectivity index (χ4v) is 6.43. The summed E-state index contributed by atoms with van der Waals surface area (Å²) < 4.78 is 40.4. The molecule has 4 rings (SSSR count). The van der Waals surface area contributed by atoms with E-state index in [4.69, 9.17) is 0 Å². The lowest BCUT2D eigenvalue weighted by atomic mass is 9.89. The van der Waals surface area contributed by atoms with E-state index in [-0.39, 0.29) is 23.4 Å². The molecule has 2 aromatic carbocycles. The third-order valence-corrected chi connectivity index (χ3v) is 8.58. The molecule has 172 valence electrons. The Kier molecular flexibility index (Phi) is 7.26. The molecule has 0 aliphatic carbocycles. The van der Waals surface area contributed by atoms with Gasteiger partial charge in [0.25, 0.3) is 0 Å². The van der Waals surface area contributed by atoms with Crippen molar-refractivity contribution in [1.29, 1.82) is 0 Å². The van der Waals surface area contributed by atoms with Crippen molar-refractivity contribution < 1.29 is 17.6 Å². The smallest absolute Gasteiger partial charge is 0.225 e. The lowest BCUT2D eigenvalue weighted by Gasteiger charge is -2.37. The van der Waals surface area contributed by atoms with E-state index in [2.05, 4.69) is 0 Å². The number of sulfonamides is 1. The summed E-state index contributed by atoms with van der Waals surface area (Å²) in [5, 5.41) is 0. The van der Waals surface area contributed by atoms with Crippen LogP contribution in [-0.4, -0.2) is 49.7 Å². The van der Waals surface area contributed by atoms with Crippen molar-refractivity contribution in [1.82, 2.24) is 9.21 Å². The topological polar surface area (TPSA) is 57.7 Å². The number of carbonyl (C=O) groups is 1. The van der Waals surface area contributed by atoms with Crippen LogP contribution in [0.25, 0.3) is 0 Å². The molecule has 1 amide bonds. The Hall–Kier alpha value is -2.25. The van der Waals surface area contributed by atoms with Gasteiger partial charge in [0.2, 0.25) is 15.9 Å². The molecule has 0 unspecified atom stereocenters. The molecule has 0 bridgehead atoms. The predicted octanol–water partition coefficient (Wildman–Crippen LogP) is 3.85. The van der Waals surface area contributed by atoms with E-state index in [0.29, 0.717) is 31.8 Å². The van der Waals surface area contributed by atoms with Gasteiger partial charge in [-0.2, -0.15) is 0 Å². The zero-order valence-electron chi connectivity index (χ0n) is 18.3. The number of hydrogen-bond donors (Lipinski definition) is 0. The van der Waals surface area contributed by atoms with Crippen molar-refractivity contribution in [2.75, 3.05) is 26.2 Å². The van der Waals surface area contributed by atoms with Gasteiger partial charge in [-0.1, -0.05) is 42.5 Å². The van der Waals surface area contributed by atoms with Gasteiger partial charge in [-0.05, 0) is 61.3 Å². The van der Waals surface area contributed by atoms with E-state index in [1.54, 1.807) is 12.1 Å². The van der Waals surface area contributed by atoms with Crippen LogP contribution in [0.15, 0.2) is 54.6 Å². The standard InChI is InChI=1S/C25H31FN2O3S/c26-24-8-4-7-22(18-24)17-20-9-13-27(14-10-20)25(29)23-11-15-28(16-12-23)32(30,31)19-21-5-2-1-3-6-21/h1-8,18,20,23H,9-17,19H2. The van der Waals surface area contributed by atoms with Crippen LogP contribution < -0.4 is 0 Å². The highest BCUT2D eigenvalue weighted by Gasteiger charge is 2.34.